The highest BCUT2D eigenvalue weighted by atomic mass is 32.2. The summed E-state index contributed by atoms with van der Waals surface area (Å²) in [7, 11) is -3.81. The van der Waals surface area contributed by atoms with Crippen LogP contribution in [0.5, 0.6) is 11.5 Å². The lowest BCUT2D eigenvalue weighted by Crippen LogP contribution is -2.58. The lowest BCUT2D eigenvalue weighted by molar-refractivity contribution is -0.137. The first-order valence-electron chi connectivity index (χ1n) is 11.0. The van der Waals surface area contributed by atoms with Crippen molar-refractivity contribution in [1.82, 2.24) is 9.80 Å². The summed E-state index contributed by atoms with van der Waals surface area (Å²) in [6.45, 7) is 2.75. The Kier molecular flexibility index (Phi) is 8.14. The number of sulfonamides is 1. The van der Waals surface area contributed by atoms with Crippen LogP contribution in [-0.2, 0) is 25.8 Å². The van der Waals surface area contributed by atoms with Crippen LogP contribution in [0.15, 0.2) is 48.5 Å². The van der Waals surface area contributed by atoms with Crippen molar-refractivity contribution >= 4 is 27.5 Å². The highest BCUT2D eigenvalue weighted by molar-refractivity contribution is 7.92. The zero-order valence-electron chi connectivity index (χ0n) is 19.7. The molecule has 196 valence electrons. The number of anilines is 1. The number of nitrogens with zero attached hydrogens (tertiary/aromatic N) is 3. The molecule has 0 saturated carbocycles. The number of alkyl halides is 3. The van der Waals surface area contributed by atoms with E-state index in [4.69, 9.17) is 10.5 Å². The first kappa shape index (κ1) is 27.3. The van der Waals surface area contributed by atoms with Gasteiger partial charge in [-0.15, -0.1) is 0 Å². The predicted molar refractivity (Wildman–Crippen MR) is 127 cm³/mol. The van der Waals surface area contributed by atoms with Gasteiger partial charge in [-0.1, -0.05) is 0 Å². The Morgan fingerprint density at radius 1 is 1.00 bits per heavy atom. The summed E-state index contributed by atoms with van der Waals surface area (Å²) < 4.78 is 70.0. The third-order valence-corrected chi connectivity index (χ3v) is 6.97. The van der Waals surface area contributed by atoms with Gasteiger partial charge in [0.05, 0.1) is 24.1 Å². The second-order valence-corrected chi connectivity index (χ2v) is 10.3. The molecule has 2 N–H and O–H groups in total. The number of primary amides is 1. The molecule has 0 aromatic heterocycles. The number of halogens is 3. The summed E-state index contributed by atoms with van der Waals surface area (Å²) in [6.07, 6.45) is -3.45. The molecule has 3 rings (SSSR count). The normalized spacial score (nSPS) is 15.9. The molecule has 1 aliphatic rings. The van der Waals surface area contributed by atoms with E-state index >= 15 is 0 Å². The van der Waals surface area contributed by atoms with Gasteiger partial charge >= 0.3 is 6.18 Å². The highest BCUT2D eigenvalue weighted by Gasteiger charge is 2.33. The number of carbonyl (C=O) groups is 2. The molecule has 0 aliphatic carbocycles. The topological polar surface area (TPSA) is 113 Å². The van der Waals surface area contributed by atoms with E-state index < -0.39 is 33.7 Å². The highest BCUT2D eigenvalue weighted by Crippen LogP contribution is 2.32. The largest absolute Gasteiger partial charge is 0.457 e. The molecule has 1 aliphatic heterocycles. The molecule has 9 nitrogen and oxygen atoms in total. The predicted octanol–water partition coefficient (Wildman–Crippen LogP) is 2.28. The second-order valence-electron chi connectivity index (χ2n) is 8.37. The summed E-state index contributed by atoms with van der Waals surface area (Å²) >= 11 is 0. The van der Waals surface area contributed by atoms with E-state index in [0.29, 0.717) is 26.2 Å². The summed E-state index contributed by atoms with van der Waals surface area (Å²) in [5.41, 5.74) is 5.06. The van der Waals surface area contributed by atoms with Crippen LogP contribution in [0.2, 0.25) is 0 Å². The first-order valence-corrected chi connectivity index (χ1v) is 12.8. The lowest BCUT2D eigenvalue weighted by Gasteiger charge is -2.39. The Morgan fingerprint density at radius 2 is 1.50 bits per heavy atom. The van der Waals surface area contributed by atoms with Gasteiger partial charge in [0, 0.05) is 33.1 Å². The number of piperazine rings is 1. The minimum Gasteiger partial charge on any atom is -0.457 e. The van der Waals surface area contributed by atoms with Crippen molar-refractivity contribution in [1.29, 1.82) is 0 Å². The van der Waals surface area contributed by atoms with Crippen LogP contribution >= 0.6 is 0 Å². The molecule has 2 aromatic carbocycles. The summed E-state index contributed by atoms with van der Waals surface area (Å²) in [5.74, 6) is -0.322. The maximum Gasteiger partial charge on any atom is 0.416 e. The fourth-order valence-electron chi connectivity index (χ4n) is 3.85. The molecule has 0 spiro atoms. The van der Waals surface area contributed by atoms with Crippen LogP contribution in [0.4, 0.5) is 18.9 Å². The number of rotatable bonds is 8. The fourth-order valence-corrected chi connectivity index (χ4v) is 4.77. The number of amides is 2. The van der Waals surface area contributed by atoms with Crippen LogP contribution in [0.3, 0.4) is 0 Å². The molecular formula is C23H27F3N4O5S. The van der Waals surface area contributed by atoms with E-state index in [-0.39, 0.29) is 29.6 Å². The van der Waals surface area contributed by atoms with Crippen LogP contribution < -0.4 is 14.8 Å². The Hall–Kier alpha value is -3.32. The number of nitrogens with two attached hydrogens (primary N) is 1. The molecule has 0 unspecified atom stereocenters. The van der Waals surface area contributed by atoms with Gasteiger partial charge in [0.25, 0.3) is 0 Å². The van der Waals surface area contributed by atoms with E-state index in [1.807, 2.05) is 0 Å². The Morgan fingerprint density at radius 3 is 1.92 bits per heavy atom. The molecule has 1 saturated heterocycles. The zero-order chi connectivity index (χ0) is 26.7. The maximum absolute atomic E-state index is 12.7. The van der Waals surface area contributed by atoms with Crippen molar-refractivity contribution in [3.8, 4) is 11.5 Å². The van der Waals surface area contributed by atoms with Crippen molar-refractivity contribution in [3.63, 3.8) is 0 Å². The number of hydrogen-bond acceptors (Lipinski definition) is 6. The first-order chi connectivity index (χ1) is 16.8. The lowest BCUT2D eigenvalue weighted by atomic mass is 10.1. The second kappa shape index (κ2) is 10.7. The van der Waals surface area contributed by atoms with Gasteiger partial charge in [0.2, 0.25) is 21.8 Å². The molecule has 1 atom stereocenters. The minimum atomic E-state index is -4.46. The SMILES string of the molecule is CC(=O)N1CCN([C@@H](CN(c2ccc(Oc3ccc(C(F)(F)F)cc3)cc2)S(C)(=O)=O)C(N)=O)CC1. The number of hydrogen-bond donors (Lipinski definition) is 1. The summed E-state index contributed by atoms with van der Waals surface area (Å²) in [5, 5.41) is 0. The smallest absolute Gasteiger partial charge is 0.416 e. The van der Waals surface area contributed by atoms with Crippen molar-refractivity contribution < 1.29 is 35.9 Å². The zero-order valence-corrected chi connectivity index (χ0v) is 20.6. The Balaban J connectivity index is 1.75. The average Bonchev–Trinajstić information content (AvgIpc) is 2.79. The van der Waals surface area contributed by atoms with Gasteiger partial charge in [-0.05, 0) is 48.5 Å². The van der Waals surface area contributed by atoms with E-state index in [2.05, 4.69) is 0 Å². The molecule has 1 heterocycles. The molecule has 1 fully saturated rings. The monoisotopic (exact) mass is 528 g/mol. The number of carbonyl (C=O) groups excluding carboxylic acids is 2. The van der Waals surface area contributed by atoms with Gasteiger partial charge in [0.1, 0.15) is 17.5 Å². The van der Waals surface area contributed by atoms with E-state index in [1.54, 1.807) is 9.80 Å². The molecule has 0 radical (unpaired) electrons. The third-order valence-electron chi connectivity index (χ3n) is 5.81. The van der Waals surface area contributed by atoms with E-state index in [1.165, 1.54) is 43.3 Å². The van der Waals surface area contributed by atoms with E-state index in [0.717, 1.165) is 22.7 Å². The van der Waals surface area contributed by atoms with Crippen molar-refractivity contribution in [3.05, 3.63) is 54.1 Å². The van der Waals surface area contributed by atoms with Crippen LogP contribution in [0.1, 0.15) is 12.5 Å². The van der Waals surface area contributed by atoms with Gasteiger partial charge in [-0.2, -0.15) is 13.2 Å². The Labute approximate surface area is 207 Å². The minimum absolute atomic E-state index is 0.0818. The fraction of sp³-hybridized carbons (Fsp3) is 0.391. The number of ether oxygens (including phenoxy) is 1. The molecular weight excluding hydrogens is 501 g/mol. The van der Waals surface area contributed by atoms with Crippen LogP contribution in [0.25, 0.3) is 0 Å². The Bertz CT molecular complexity index is 1180. The van der Waals surface area contributed by atoms with Gasteiger partial charge in [-0.25, -0.2) is 8.42 Å². The summed E-state index contributed by atoms with van der Waals surface area (Å²) in [6, 6.07) is 9.11. The maximum atomic E-state index is 12.7. The van der Waals surface area contributed by atoms with E-state index in [9.17, 15) is 31.2 Å². The van der Waals surface area contributed by atoms with Gasteiger partial charge < -0.3 is 15.4 Å². The number of benzene rings is 2. The van der Waals surface area contributed by atoms with Crippen molar-refractivity contribution in [2.75, 3.05) is 43.3 Å². The molecule has 13 heteroatoms. The van der Waals surface area contributed by atoms with Crippen molar-refractivity contribution in [2.45, 2.75) is 19.1 Å². The molecule has 2 aromatic rings. The molecule has 2 amide bonds. The van der Waals surface area contributed by atoms with Crippen molar-refractivity contribution in [2.24, 2.45) is 5.73 Å². The van der Waals surface area contributed by atoms with Crippen LogP contribution in [0, 0.1) is 0 Å². The molecule has 36 heavy (non-hydrogen) atoms. The third kappa shape index (κ3) is 6.88. The quantitative estimate of drug-likeness (QED) is 0.563. The average molecular weight is 529 g/mol. The summed E-state index contributed by atoms with van der Waals surface area (Å²) in [4.78, 5) is 27.2. The van der Waals surface area contributed by atoms with Crippen LogP contribution in [-0.4, -0.2) is 75.1 Å². The molecule has 0 bridgehead atoms. The van der Waals surface area contributed by atoms with Gasteiger partial charge in [-0.3, -0.25) is 18.8 Å². The standard InChI is InChI=1S/C23H27F3N4O5S/c1-16(31)28-11-13-29(14-12-28)21(22(27)32)15-30(36(2,33)34)18-5-9-20(10-6-18)35-19-7-3-17(4-8-19)23(24,25)26/h3-10,21H,11-15H2,1-2H3,(H2,27,32)/t21-/m0/s1. The van der Waals surface area contributed by atoms with Gasteiger partial charge in [0.15, 0.2) is 0 Å².